The highest BCUT2D eigenvalue weighted by molar-refractivity contribution is 5.74. The number of hydrogen-bond acceptors (Lipinski definition) is 2. The molecule has 0 N–H and O–H groups in total. The van der Waals surface area contributed by atoms with E-state index in [4.69, 9.17) is 4.74 Å². The van der Waals surface area contributed by atoms with Crippen molar-refractivity contribution in [1.82, 2.24) is 0 Å². The molecule has 0 aliphatic rings. The summed E-state index contributed by atoms with van der Waals surface area (Å²) < 4.78 is 5.76. The van der Waals surface area contributed by atoms with Gasteiger partial charge in [0.1, 0.15) is 17.8 Å². The molecule has 0 radical (unpaired) electrons. The minimum Gasteiger partial charge on any atom is -0.457 e. The number of aldehydes is 1. The molecule has 0 spiro atoms. The Labute approximate surface area is 135 Å². The van der Waals surface area contributed by atoms with Gasteiger partial charge in [0.15, 0.2) is 0 Å². The maximum absolute atomic E-state index is 10.6. The molecular formula is C21H16O2. The van der Waals surface area contributed by atoms with Crippen molar-refractivity contribution in [1.29, 1.82) is 0 Å². The van der Waals surface area contributed by atoms with Gasteiger partial charge < -0.3 is 4.74 Å². The van der Waals surface area contributed by atoms with Crippen LogP contribution in [0, 0.1) is 0 Å². The lowest BCUT2D eigenvalue weighted by atomic mass is 10.1. The first-order valence-corrected chi connectivity index (χ1v) is 7.40. The van der Waals surface area contributed by atoms with E-state index in [0.717, 1.165) is 17.6 Å². The molecule has 0 amide bonds. The average molecular weight is 300 g/mol. The van der Waals surface area contributed by atoms with Crippen LogP contribution >= 0.6 is 0 Å². The summed E-state index contributed by atoms with van der Waals surface area (Å²) in [5.74, 6) is 1.48. The third-order valence-electron chi connectivity index (χ3n) is 3.40. The zero-order valence-electron chi connectivity index (χ0n) is 12.6. The summed E-state index contributed by atoms with van der Waals surface area (Å²) in [6, 6.07) is 25.1. The molecule has 0 unspecified atom stereocenters. The molecule has 0 saturated carbocycles. The number of carbonyl (C=O) groups is 1. The predicted molar refractivity (Wildman–Crippen MR) is 93.7 cm³/mol. The van der Waals surface area contributed by atoms with Crippen LogP contribution in [0.15, 0.2) is 78.9 Å². The van der Waals surface area contributed by atoms with E-state index in [1.165, 1.54) is 5.56 Å². The third kappa shape index (κ3) is 4.17. The zero-order valence-corrected chi connectivity index (χ0v) is 12.6. The van der Waals surface area contributed by atoms with E-state index in [1.54, 1.807) is 24.3 Å². The molecule has 3 rings (SSSR count). The molecule has 0 aliphatic heterocycles. The molecule has 0 atom stereocenters. The van der Waals surface area contributed by atoms with E-state index < -0.39 is 0 Å². The first kappa shape index (κ1) is 14.8. The van der Waals surface area contributed by atoms with Crippen molar-refractivity contribution in [3.8, 4) is 11.5 Å². The van der Waals surface area contributed by atoms with E-state index in [9.17, 15) is 4.79 Å². The van der Waals surface area contributed by atoms with E-state index in [-0.39, 0.29) is 0 Å². The van der Waals surface area contributed by atoms with Crippen molar-refractivity contribution in [2.24, 2.45) is 0 Å². The van der Waals surface area contributed by atoms with Crippen LogP contribution < -0.4 is 4.74 Å². The van der Waals surface area contributed by atoms with Crippen molar-refractivity contribution < 1.29 is 9.53 Å². The molecule has 2 nitrogen and oxygen atoms in total. The van der Waals surface area contributed by atoms with Crippen LogP contribution in [0.25, 0.3) is 12.2 Å². The Kier molecular flexibility index (Phi) is 4.65. The van der Waals surface area contributed by atoms with E-state index in [1.807, 2.05) is 42.5 Å². The lowest BCUT2D eigenvalue weighted by Crippen LogP contribution is -1.85. The predicted octanol–water partition coefficient (Wildman–Crippen LogP) is 5.46. The van der Waals surface area contributed by atoms with Crippen molar-refractivity contribution in [2.45, 2.75) is 0 Å². The number of hydrogen-bond donors (Lipinski definition) is 0. The normalized spacial score (nSPS) is 10.6. The summed E-state index contributed by atoms with van der Waals surface area (Å²) in [7, 11) is 0. The highest BCUT2D eigenvalue weighted by Gasteiger charge is 1.98. The smallest absolute Gasteiger partial charge is 0.150 e. The van der Waals surface area contributed by atoms with Gasteiger partial charge in [-0.15, -0.1) is 0 Å². The van der Waals surface area contributed by atoms with Crippen molar-refractivity contribution >= 4 is 18.4 Å². The molecule has 0 saturated heterocycles. The Hall–Kier alpha value is -3.13. The maximum Gasteiger partial charge on any atom is 0.150 e. The largest absolute Gasteiger partial charge is 0.457 e. The Morgan fingerprint density at radius 3 is 1.57 bits per heavy atom. The summed E-state index contributed by atoms with van der Waals surface area (Å²) in [4.78, 5) is 10.6. The zero-order chi connectivity index (χ0) is 15.9. The first-order chi connectivity index (χ1) is 11.3. The summed E-state index contributed by atoms with van der Waals surface area (Å²) in [6.45, 7) is 0. The standard InChI is InChI=1S/C21H16O2/c22-16-19-10-14-21(15-11-19)23-20-12-8-18(9-13-20)7-6-17-4-2-1-3-5-17/h1-16H/b7-6+. The average Bonchev–Trinajstić information content (AvgIpc) is 2.63. The van der Waals surface area contributed by atoms with E-state index in [2.05, 4.69) is 24.3 Å². The Bertz CT molecular complexity index is 786. The van der Waals surface area contributed by atoms with Gasteiger partial charge in [0.2, 0.25) is 0 Å². The summed E-state index contributed by atoms with van der Waals surface area (Å²) >= 11 is 0. The van der Waals surface area contributed by atoms with E-state index in [0.29, 0.717) is 11.3 Å². The summed E-state index contributed by atoms with van der Waals surface area (Å²) in [5.41, 5.74) is 2.92. The lowest BCUT2D eigenvalue weighted by molar-refractivity contribution is 0.112. The van der Waals surface area contributed by atoms with Gasteiger partial charge in [0, 0.05) is 5.56 Å². The van der Waals surface area contributed by atoms with Crippen LogP contribution in [0.4, 0.5) is 0 Å². The van der Waals surface area contributed by atoms with Crippen molar-refractivity contribution in [3.05, 3.63) is 95.6 Å². The summed E-state index contributed by atoms with van der Waals surface area (Å²) in [5, 5.41) is 0. The fraction of sp³-hybridized carbons (Fsp3) is 0. The fourth-order valence-corrected chi connectivity index (χ4v) is 2.15. The SMILES string of the molecule is O=Cc1ccc(Oc2ccc(/C=C/c3ccccc3)cc2)cc1. The molecule has 0 fully saturated rings. The van der Waals surface area contributed by atoms with Gasteiger partial charge in [-0.1, -0.05) is 54.6 Å². The topological polar surface area (TPSA) is 26.3 Å². The minimum absolute atomic E-state index is 0.638. The molecular weight excluding hydrogens is 284 g/mol. The second kappa shape index (κ2) is 7.23. The molecule has 3 aromatic rings. The van der Waals surface area contributed by atoms with Crippen LogP contribution in [-0.4, -0.2) is 6.29 Å². The Balaban J connectivity index is 1.66. The Morgan fingerprint density at radius 1 is 0.565 bits per heavy atom. The molecule has 0 heterocycles. The van der Waals surface area contributed by atoms with E-state index >= 15 is 0 Å². The van der Waals surface area contributed by atoms with Crippen molar-refractivity contribution in [2.75, 3.05) is 0 Å². The maximum atomic E-state index is 10.6. The van der Waals surface area contributed by atoms with Crippen molar-refractivity contribution in [3.63, 3.8) is 0 Å². The quantitative estimate of drug-likeness (QED) is 0.462. The summed E-state index contributed by atoms with van der Waals surface area (Å²) in [6.07, 6.45) is 4.96. The number of rotatable bonds is 5. The molecule has 0 bridgehead atoms. The highest BCUT2D eigenvalue weighted by atomic mass is 16.5. The Morgan fingerprint density at radius 2 is 1.04 bits per heavy atom. The minimum atomic E-state index is 0.638. The monoisotopic (exact) mass is 300 g/mol. The highest BCUT2D eigenvalue weighted by Crippen LogP contribution is 2.22. The lowest BCUT2D eigenvalue weighted by Gasteiger charge is -2.06. The second-order valence-corrected chi connectivity index (χ2v) is 5.10. The molecule has 3 aromatic carbocycles. The van der Waals surface area contributed by atoms with Crippen LogP contribution in [0.5, 0.6) is 11.5 Å². The molecule has 112 valence electrons. The number of ether oxygens (including phenoxy) is 1. The van der Waals surface area contributed by atoms with Gasteiger partial charge in [-0.25, -0.2) is 0 Å². The number of carbonyl (C=O) groups excluding carboxylic acids is 1. The fourth-order valence-electron chi connectivity index (χ4n) is 2.15. The molecule has 2 heteroatoms. The van der Waals surface area contributed by atoms with Crippen LogP contribution in [0.1, 0.15) is 21.5 Å². The van der Waals surface area contributed by atoms with Gasteiger partial charge in [-0.3, -0.25) is 4.79 Å². The first-order valence-electron chi connectivity index (χ1n) is 7.40. The molecule has 23 heavy (non-hydrogen) atoms. The molecule has 0 aromatic heterocycles. The van der Waals surface area contributed by atoms with Crippen LogP contribution in [-0.2, 0) is 0 Å². The van der Waals surface area contributed by atoms with Gasteiger partial charge in [-0.05, 0) is 47.5 Å². The van der Waals surface area contributed by atoms with Crippen LogP contribution in [0.2, 0.25) is 0 Å². The van der Waals surface area contributed by atoms with Gasteiger partial charge in [0.05, 0.1) is 0 Å². The number of benzene rings is 3. The third-order valence-corrected chi connectivity index (χ3v) is 3.40. The van der Waals surface area contributed by atoms with Gasteiger partial charge in [0.25, 0.3) is 0 Å². The van der Waals surface area contributed by atoms with Gasteiger partial charge >= 0.3 is 0 Å². The van der Waals surface area contributed by atoms with Gasteiger partial charge in [-0.2, -0.15) is 0 Å². The second-order valence-electron chi connectivity index (χ2n) is 5.10. The van der Waals surface area contributed by atoms with Crippen LogP contribution in [0.3, 0.4) is 0 Å². The molecule has 0 aliphatic carbocycles.